The third kappa shape index (κ3) is 57.9. The fourth-order valence-corrected chi connectivity index (χ4v) is 10.5. The van der Waals surface area contributed by atoms with Gasteiger partial charge >= 0.3 is 5.97 Å². The molecule has 3 N–H and O–H groups in total. The Labute approximate surface area is 450 Å². The van der Waals surface area contributed by atoms with Crippen LogP contribution in [0.15, 0.2) is 12.2 Å². The molecule has 0 heterocycles. The second kappa shape index (κ2) is 62.1. The number of rotatable bonds is 62. The first-order chi connectivity index (χ1) is 35.5. The second-order valence-electron chi connectivity index (χ2n) is 22.8. The molecule has 2 atom stereocenters. The molecule has 0 aromatic carbocycles. The minimum atomic E-state index is -0.662. The van der Waals surface area contributed by atoms with Gasteiger partial charge in [0.25, 0.3) is 0 Å². The van der Waals surface area contributed by atoms with Crippen molar-refractivity contribution in [2.45, 2.75) is 386 Å². The van der Waals surface area contributed by atoms with Gasteiger partial charge in [-0.3, -0.25) is 9.59 Å². The molecule has 0 bridgehead atoms. The van der Waals surface area contributed by atoms with Gasteiger partial charge in [-0.1, -0.05) is 321 Å². The first-order valence-electron chi connectivity index (χ1n) is 32.9. The third-order valence-corrected chi connectivity index (χ3v) is 15.6. The van der Waals surface area contributed by atoms with E-state index < -0.39 is 12.1 Å². The zero-order valence-corrected chi connectivity index (χ0v) is 48.9. The molecule has 0 aromatic rings. The highest BCUT2D eigenvalue weighted by Crippen LogP contribution is 2.18. The number of nitrogens with one attached hydrogen (secondary N) is 1. The van der Waals surface area contributed by atoms with E-state index in [-0.39, 0.29) is 18.5 Å². The minimum Gasteiger partial charge on any atom is -0.466 e. The van der Waals surface area contributed by atoms with Crippen LogP contribution in [0.1, 0.15) is 373 Å². The molecule has 2 unspecified atom stereocenters. The molecular formula is C66H129NO5. The summed E-state index contributed by atoms with van der Waals surface area (Å²) >= 11 is 0. The monoisotopic (exact) mass is 1020 g/mol. The van der Waals surface area contributed by atoms with Crippen LogP contribution in [0.2, 0.25) is 0 Å². The fraction of sp³-hybridized carbons (Fsp3) is 0.939. The summed E-state index contributed by atoms with van der Waals surface area (Å²) in [7, 11) is 0. The molecule has 0 spiro atoms. The zero-order chi connectivity index (χ0) is 52.2. The molecule has 0 saturated carbocycles. The summed E-state index contributed by atoms with van der Waals surface area (Å²) in [5.74, 6) is -0.0152. The number of carbonyl (C=O) groups excluding carboxylic acids is 2. The third-order valence-electron chi connectivity index (χ3n) is 15.6. The van der Waals surface area contributed by atoms with Crippen LogP contribution < -0.4 is 5.32 Å². The van der Waals surface area contributed by atoms with Crippen LogP contribution >= 0.6 is 0 Å². The maximum Gasteiger partial charge on any atom is 0.305 e. The first kappa shape index (κ1) is 70.6. The average molecular weight is 1020 g/mol. The highest BCUT2D eigenvalue weighted by Gasteiger charge is 2.20. The number of aliphatic hydroxyl groups is 2. The molecular weight excluding hydrogens is 887 g/mol. The van der Waals surface area contributed by atoms with Crippen molar-refractivity contribution in [3.05, 3.63) is 12.2 Å². The van der Waals surface area contributed by atoms with Crippen LogP contribution in [-0.2, 0) is 14.3 Å². The predicted octanol–water partition coefficient (Wildman–Crippen LogP) is 20.8. The van der Waals surface area contributed by atoms with E-state index in [9.17, 15) is 19.8 Å². The molecule has 428 valence electrons. The van der Waals surface area contributed by atoms with Crippen LogP contribution in [0.4, 0.5) is 0 Å². The molecule has 0 aromatic heterocycles. The number of carbonyl (C=O) groups is 2. The summed E-state index contributed by atoms with van der Waals surface area (Å²) < 4.78 is 5.50. The van der Waals surface area contributed by atoms with E-state index in [1.165, 1.54) is 302 Å². The van der Waals surface area contributed by atoms with E-state index in [0.29, 0.717) is 25.9 Å². The number of hydrogen-bond donors (Lipinski definition) is 3. The Hall–Kier alpha value is -1.40. The van der Waals surface area contributed by atoms with Crippen LogP contribution in [-0.4, -0.2) is 47.4 Å². The molecule has 0 aliphatic rings. The number of ether oxygens (including phenoxy) is 1. The number of unbranched alkanes of at least 4 members (excludes halogenated alkanes) is 49. The molecule has 1 amide bonds. The number of aliphatic hydroxyl groups excluding tert-OH is 2. The van der Waals surface area contributed by atoms with Gasteiger partial charge in [0, 0.05) is 12.8 Å². The SMILES string of the molecule is CCCCCCCCCCCCCCCCCCCC(=O)OCCCCCCCCCCCCCC/C=C\CCCCCCCCCCCCCC(=O)NC(CO)C(O)CCCCCCCCCCCCC. The Morgan fingerprint density at radius 1 is 0.375 bits per heavy atom. The van der Waals surface area contributed by atoms with Crippen molar-refractivity contribution >= 4 is 11.9 Å². The van der Waals surface area contributed by atoms with E-state index in [4.69, 9.17) is 4.74 Å². The van der Waals surface area contributed by atoms with E-state index >= 15 is 0 Å². The molecule has 0 saturated heterocycles. The van der Waals surface area contributed by atoms with Gasteiger partial charge in [0.2, 0.25) is 5.91 Å². The number of hydrogen-bond acceptors (Lipinski definition) is 5. The average Bonchev–Trinajstić information content (AvgIpc) is 3.38. The lowest BCUT2D eigenvalue weighted by molar-refractivity contribution is -0.143. The van der Waals surface area contributed by atoms with E-state index in [1.54, 1.807) is 0 Å². The number of esters is 1. The Kier molecular flexibility index (Phi) is 60.9. The molecule has 0 rings (SSSR count). The van der Waals surface area contributed by atoms with Gasteiger partial charge in [-0.25, -0.2) is 0 Å². The van der Waals surface area contributed by atoms with Gasteiger partial charge in [0.05, 0.1) is 25.4 Å². The number of allylic oxidation sites excluding steroid dienone is 2. The normalized spacial score (nSPS) is 12.6. The van der Waals surface area contributed by atoms with Gasteiger partial charge in [0.15, 0.2) is 0 Å². The molecule has 0 radical (unpaired) electrons. The van der Waals surface area contributed by atoms with Crippen molar-refractivity contribution in [1.29, 1.82) is 0 Å². The van der Waals surface area contributed by atoms with Crippen LogP contribution in [0.3, 0.4) is 0 Å². The molecule has 6 nitrogen and oxygen atoms in total. The lowest BCUT2D eigenvalue weighted by atomic mass is 10.0. The van der Waals surface area contributed by atoms with Crippen LogP contribution in [0.25, 0.3) is 0 Å². The Morgan fingerprint density at radius 3 is 0.986 bits per heavy atom. The van der Waals surface area contributed by atoms with Gasteiger partial charge in [0.1, 0.15) is 0 Å². The summed E-state index contributed by atoms with van der Waals surface area (Å²) in [6.07, 6.45) is 75.3. The number of amides is 1. The summed E-state index contributed by atoms with van der Waals surface area (Å²) in [4.78, 5) is 24.5. The van der Waals surface area contributed by atoms with Crippen LogP contribution in [0, 0.1) is 0 Å². The molecule has 0 fully saturated rings. The van der Waals surface area contributed by atoms with Gasteiger partial charge in [-0.2, -0.15) is 0 Å². The Morgan fingerprint density at radius 2 is 0.653 bits per heavy atom. The molecule has 0 aliphatic carbocycles. The molecule has 72 heavy (non-hydrogen) atoms. The highest BCUT2D eigenvalue weighted by molar-refractivity contribution is 5.76. The van der Waals surface area contributed by atoms with Crippen molar-refractivity contribution in [3.8, 4) is 0 Å². The molecule has 6 heteroatoms. The van der Waals surface area contributed by atoms with E-state index in [2.05, 4.69) is 31.3 Å². The maximum absolute atomic E-state index is 12.4. The smallest absolute Gasteiger partial charge is 0.305 e. The van der Waals surface area contributed by atoms with Crippen LogP contribution in [0.5, 0.6) is 0 Å². The molecule has 0 aliphatic heterocycles. The largest absolute Gasteiger partial charge is 0.466 e. The van der Waals surface area contributed by atoms with E-state index in [0.717, 1.165) is 38.5 Å². The minimum absolute atomic E-state index is 0.0198. The van der Waals surface area contributed by atoms with Crippen molar-refractivity contribution in [3.63, 3.8) is 0 Å². The summed E-state index contributed by atoms with van der Waals surface area (Å²) in [5, 5.41) is 23.2. The lowest BCUT2D eigenvalue weighted by Gasteiger charge is -2.22. The Balaban J connectivity index is 3.34. The summed E-state index contributed by atoms with van der Waals surface area (Å²) in [6.45, 7) is 4.98. The summed E-state index contributed by atoms with van der Waals surface area (Å²) in [5.41, 5.74) is 0. The zero-order valence-electron chi connectivity index (χ0n) is 48.9. The van der Waals surface area contributed by atoms with Gasteiger partial charge < -0.3 is 20.3 Å². The van der Waals surface area contributed by atoms with Crippen molar-refractivity contribution in [2.75, 3.05) is 13.2 Å². The Bertz CT molecular complexity index is 1080. The van der Waals surface area contributed by atoms with E-state index in [1.807, 2.05) is 0 Å². The quantitative estimate of drug-likeness (QED) is 0.0320. The lowest BCUT2D eigenvalue weighted by Crippen LogP contribution is -2.45. The summed E-state index contributed by atoms with van der Waals surface area (Å²) in [6, 6.07) is -0.540. The van der Waals surface area contributed by atoms with Crippen molar-refractivity contribution in [1.82, 2.24) is 5.32 Å². The van der Waals surface area contributed by atoms with Gasteiger partial charge in [-0.05, 0) is 51.4 Å². The maximum atomic E-state index is 12.4. The van der Waals surface area contributed by atoms with Crippen molar-refractivity contribution < 1.29 is 24.5 Å². The fourth-order valence-electron chi connectivity index (χ4n) is 10.5. The standard InChI is InChI=1S/C66H129NO5/c1-3-5-7-9-11-13-15-16-17-29-33-36-40-44-48-52-56-60-66(71)72-61-57-53-49-45-41-37-34-31-28-26-24-22-20-18-19-21-23-25-27-30-32-35-39-43-47-51-55-59-65(70)67-63(62-68)64(69)58-54-50-46-42-38-14-12-10-8-6-4-2/h18-19,63-64,68-69H,3-17,20-62H2,1-2H3,(H,67,70)/b19-18-. The highest BCUT2D eigenvalue weighted by atomic mass is 16.5. The topological polar surface area (TPSA) is 95.9 Å². The second-order valence-corrected chi connectivity index (χ2v) is 22.8. The van der Waals surface area contributed by atoms with Crippen molar-refractivity contribution in [2.24, 2.45) is 0 Å². The first-order valence-corrected chi connectivity index (χ1v) is 32.9. The predicted molar refractivity (Wildman–Crippen MR) is 315 cm³/mol. The van der Waals surface area contributed by atoms with Gasteiger partial charge in [-0.15, -0.1) is 0 Å².